The molecule has 0 bridgehead atoms. The van der Waals surface area contributed by atoms with E-state index in [4.69, 9.17) is 9.15 Å². The summed E-state index contributed by atoms with van der Waals surface area (Å²) >= 11 is 0. The quantitative estimate of drug-likeness (QED) is 0.618. The number of hydrogen-bond donors (Lipinski definition) is 1. The van der Waals surface area contributed by atoms with E-state index in [1.54, 1.807) is 35.2 Å². The second-order valence-corrected chi connectivity index (χ2v) is 7.75. The molecule has 1 saturated heterocycles. The summed E-state index contributed by atoms with van der Waals surface area (Å²) in [6.07, 6.45) is 1.34. The van der Waals surface area contributed by atoms with Crippen molar-refractivity contribution in [2.75, 3.05) is 26.7 Å². The van der Waals surface area contributed by atoms with Crippen LogP contribution in [-0.2, 0) is 0 Å². The maximum atomic E-state index is 13.9. The fourth-order valence-corrected chi connectivity index (χ4v) is 3.91. The number of carbonyl (C=O) groups excluding carboxylic acids is 2. The number of piperidine rings is 1. The van der Waals surface area contributed by atoms with E-state index in [2.05, 4.69) is 5.32 Å². The average molecular weight is 438 g/mol. The van der Waals surface area contributed by atoms with Gasteiger partial charge in [-0.15, -0.1) is 0 Å². The van der Waals surface area contributed by atoms with Crippen molar-refractivity contribution in [2.45, 2.75) is 12.8 Å². The molecule has 8 heteroatoms. The van der Waals surface area contributed by atoms with Crippen LogP contribution >= 0.6 is 0 Å². The highest BCUT2D eigenvalue weighted by Crippen LogP contribution is 2.24. The zero-order chi connectivity index (χ0) is 22.7. The summed E-state index contributed by atoms with van der Waals surface area (Å²) in [5.74, 6) is -0.790. The van der Waals surface area contributed by atoms with Gasteiger partial charge < -0.3 is 19.4 Å². The maximum Gasteiger partial charge on any atom is 0.349 e. The van der Waals surface area contributed by atoms with Gasteiger partial charge in [0, 0.05) is 25.0 Å². The number of amides is 2. The van der Waals surface area contributed by atoms with Gasteiger partial charge in [0.05, 0.1) is 12.7 Å². The van der Waals surface area contributed by atoms with Crippen molar-refractivity contribution in [2.24, 2.45) is 5.92 Å². The van der Waals surface area contributed by atoms with Gasteiger partial charge in [-0.1, -0.05) is 24.3 Å². The molecule has 0 unspecified atom stereocenters. The summed E-state index contributed by atoms with van der Waals surface area (Å²) < 4.78 is 24.4. The number of ether oxygens (including phenoxy) is 1. The van der Waals surface area contributed by atoms with Gasteiger partial charge in [0.15, 0.2) is 11.3 Å². The molecule has 1 fully saturated rings. The molecule has 166 valence electrons. The number of carbonyl (C=O) groups is 2. The number of nitrogens with zero attached hydrogens (tertiary/aromatic N) is 1. The summed E-state index contributed by atoms with van der Waals surface area (Å²) in [5.41, 5.74) is -0.440. The highest BCUT2D eigenvalue weighted by atomic mass is 19.1. The van der Waals surface area contributed by atoms with E-state index in [1.165, 1.54) is 25.3 Å². The van der Waals surface area contributed by atoms with E-state index in [0.29, 0.717) is 49.2 Å². The number of halogens is 1. The average Bonchev–Trinajstić information content (AvgIpc) is 2.82. The van der Waals surface area contributed by atoms with Crippen LogP contribution in [0.3, 0.4) is 0 Å². The molecule has 2 amide bonds. The minimum Gasteiger partial charge on any atom is -0.493 e. The summed E-state index contributed by atoms with van der Waals surface area (Å²) in [4.78, 5) is 39.1. The summed E-state index contributed by atoms with van der Waals surface area (Å²) in [5, 5.41) is 3.39. The van der Waals surface area contributed by atoms with Crippen molar-refractivity contribution in [3.8, 4) is 5.75 Å². The van der Waals surface area contributed by atoms with Crippen molar-refractivity contribution in [1.82, 2.24) is 10.2 Å². The topological polar surface area (TPSA) is 88.9 Å². The lowest BCUT2D eigenvalue weighted by Crippen LogP contribution is -2.42. The standard InChI is InChI=1S/C24H23FN2O5/c1-31-20-8-4-5-16-13-18(24(30)32-21(16)20)22(28)26-14-15-9-11-27(12-10-15)23(29)17-6-2-3-7-19(17)25/h2-8,13,15H,9-12,14H2,1H3,(H,26,28). The molecule has 4 rings (SSSR count). The Labute approximate surface area is 183 Å². The molecular formula is C24H23FN2O5. The number of methoxy groups -OCH3 is 1. The predicted octanol–water partition coefficient (Wildman–Crippen LogP) is 3.22. The van der Waals surface area contributed by atoms with Crippen molar-refractivity contribution < 1.29 is 23.1 Å². The van der Waals surface area contributed by atoms with Crippen LogP contribution in [0.1, 0.15) is 33.6 Å². The van der Waals surface area contributed by atoms with E-state index in [1.807, 2.05) is 0 Å². The van der Waals surface area contributed by atoms with Gasteiger partial charge in [-0.25, -0.2) is 9.18 Å². The Balaban J connectivity index is 1.35. The zero-order valence-electron chi connectivity index (χ0n) is 17.6. The van der Waals surface area contributed by atoms with Gasteiger partial charge in [-0.2, -0.15) is 0 Å². The first kappa shape index (κ1) is 21.5. The molecule has 2 heterocycles. The van der Waals surface area contributed by atoms with Crippen LogP contribution in [0, 0.1) is 11.7 Å². The lowest BCUT2D eigenvalue weighted by atomic mass is 9.96. The Kier molecular flexibility index (Phi) is 6.20. The van der Waals surface area contributed by atoms with Gasteiger partial charge >= 0.3 is 5.63 Å². The molecule has 0 saturated carbocycles. The minimum atomic E-state index is -0.732. The molecule has 1 aliphatic rings. The molecule has 0 radical (unpaired) electrons. The first-order valence-electron chi connectivity index (χ1n) is 10.4. The van der Waals surface area contributed by atoms with Gasteiger partial charge in [0.2, 0.25) is 0 Å². The van der Waals surface area contributed by atoms with E-state index in [0.717, 1.165) is 0 Å². The molecule has 1 aromatic heterocycles. The van der Waals surface area contributed by atoms with Crippen molar-refractivity contribution >= 4 is 22.8 Å². The van der Waals surface area contributed by atoms with Crippen LogP contribution in [0.25, 0.3) is 11.0 Å². The SMILES string of the molecule is COc1cccc2cc(C(=O)NCC3CCN(C(=O)c4ccccc4F)CC3)c(=O)oc12. The second kappa shape index (κ2) is 9.21. The minimum absolute atomic E-state index is 0.0684. The molecule has 3 aromatic rings. The van der Waals surface area contributed by atoms with Crippen molar-refractivity contribution in [3.05, 3.63) is 75.9 Å². The molecule has 7 nitrogen and oxygen atoms in total. The van der Waals surface area contributed by atoms with Crippen molar-refractivity contribution in [3.63, 3.8) is 0 Å². The van der Waals surface area contributed by atoms with Gasteiger partial charge in [0.25, 0.3) is 11.8 Å². The van der Waals surface area contributed by atoms with Crippen molar-refractivity contribution in [1.29, 1.82) is 0 Å². The van der Waals surface area contributed by atoms with E-state index in [-0.39, 0.29) is 23.0 Å². The molecule has 0 spiro atoms. The smallest absolute Gasteiger partial charge is 0.349 e. The molecule has 1 N–H and O–H groups in total. The van der Waals surface area contributed by atoms with E-state index < -0.39 is 17.3 Å². The molecule has 32 heavy (non-hydrogen) atoms. The predicted molar refractivity (Wildman–Crippen MR) is 116 cm³/mol. The molecular weight excluding hydrogens is 415 g/mol. The van der Waals surface area contributed by atoms with Gasteiger partial charge in [0.1, 0.15) is 11.4 Å². The highest BCUT2D eigenvalue weighted by molar-refractivity contribution is 5.97. The molecule has 2 aromatic carbocycles. The number of nitrogens with one attached hydrogen (secondary N) is 1. The van der Waals surface area contributed by atoms with Gasteiger partial charge in [-0.05, 0) is 43.0 Å². The van der Waals surface area contributed by atoms with Crippen LogP contribution < -0.4 is 15.7 Å². The fraction of sp³-hybridized carbons (Fsp3) is 0.292. The van der Waals surface area contributed by atoms with Crippen LogP contribution in [-0.4, -0.2) is 43.5 Å². The third-order valence-electron chi connectivity index (χ3n) is 5.75. The summed E-state index contributed by atoms with van der Waals surface area (Å²) in [6, 6.07) is 12.6. The van der Waals surface area contributed by atoms with Crippen LogP contribution in [0.5, 0.6) is 5.75 Å². The molecule has 0 atom stereocenters. The largest absolute Gasteiger partial charge is 0.493 e. The number of hydrogen-bond acceptors (Lipinski definition) is 5. The monoisotopic (exact) mass is 438 g/mol. The Morgan fingerprint density at radius 2 is 1.88 bits per heavy atom. The third-order valence-corrected chi connectivity index (χ3v) is 5.75. The number of likely N-dealkylation sites (tertiary alicyclic amines) is 1. The molecule has 1 aliphatic heterocycles. The Morgan fingerprint density at radius 1 is 1.12 bits per heavy atom. The zero-order valence-corrected chi connectivity index (χ0v) is 17.6. The number of benzene rings is 2. The van der Waals surface area contributed by atoms with Crippen LogP contribution in [0.4, 0.5) is 4.39 Å². The molecule has 0 aliphatic carbocycles. The number of rotatable bonds is 5. The lowest BCUT2D eigenvalue weighted by Gasteiger charge is -2.32. The number of fused-ring (bicyclic) bond motifs is 1. The third kappa shape index (κ3) is 4.34. The van der Waals surface area contributed by atoms with E-state index >= 15 is 0 Å². The van der Waals surface area contributed by atoms with Crippen LogP contribution in [0.2, 0.25) is 0 Å². The summed E-state index contributed by atoms with van der Waals surface area (Å²) in [7, 11) is 1.48. The lowest BCUT2D eigenvalue weighted by molar-refractivity contribution is 0.0679. The normalized spacial score (nSPS) is 14.4. The Bertz CT molecular complexity index is 1210. The first-order chi connectivity index (χ1) is 15.5. The Morgan fingerprint density at radius 3 is 2.59 bits per heavy atom. The maximum absolute atomic E-state index is 13.9. The highest BCUT2D eigenvalue weighted by Gasteiger charge is 2.26. The fourth-order valence-electron chi connectivity index (χ4n) is 3.91. The van der Waals surface area contributed by atoms with Crippen LogP contribution in [0.15, 0.2) is 57.7 Å². The second-order valence-electron chi connectivity index (χ2n) is 7.75. The van der Waals surface area contributed by atoms with Gasteiger partial charge in [-0.3, -0.25) is 9.59 Å². The number of para-hydroxylation sites is 1. The van der Waals surface area contributed by atoms with E-state index in [9.17, 15) is 18.8 Å². The first-order valence-corrected chi connectivity index (χ1v) is 10.4. The Hall–Kier alpha value is -3.68. The summed E-state index contributed by atoms with van der Waals surface area (Å²) in [6.45, 7) is 1.33.